The zero-order valence-corrected chi connectivity index (χ0v) is 53.4. The highest BCUT2D eigenvalue weighted by atomic mass is 19.4. The Balaban J connectivity index is 1.22. The molecule has 4 heterocycles. The van der Waals surface area contributed by atoms with Crippen LogP contribution in [-0.4, -0.2) is 197 Å². The number of rotatable bonds is 17. The number of esters is 4. The van der Waals surface area contributed by atoms with Crippen molar-refractivity contribution >= 4 is 41.9 Å². The fraction of sp³-hybridized carbons (Fsp3) is 0.621. The van der Waals surface area contributed by atoms with E-state index >= 15 is 13.2 Å². The number of benzene rings is 2. The van der Waals surface area contributed by atoms with Gasteiger partial charge in [-0.1, -0.05) is 42.8 Å². The smallest absolute Gasteiger partial charge is 0.417 e. The summed E-state index contributed by atoms with van der Waals surface area (Å²) < 4.78 is 75.5. The Morgan fingerprint density at radius 1 is 0.609 bits per heavy atom. The summed E-state index contributed by atoms with van der Waals surface area (Å²) in [6.07, 6.45) is 2.52. The van der Waals surface area contributed by atoms with Crippen LogP contribution < -0.4 is 4.74 Å². The van der Waals surface area contributed by atoms with E-state index < -0.39 is 64.1 Å². The van der Waals surface area contributed by atoms with Crippen molar-refractivity contribution in [3.8, 4) is 22.9 Å². The summed E-state index contributed by atoms with van der Waals surface area (Å²) in [6, 6.07) is 14.9. The lowest BCUT2D eigenvalue weighted by Crippen LogP contribution is -2.51. The third kappa shape index (κ3) is 23.5. The van der Waals surface area contributed by atoms with Crippen LogP contribution in [0.15, 0.2) is 54.7 Å². The van der Waals surface area contributed by atoms with Gasteiger partial charge in [-0.25, -0.2) is 0 Å². The van der Waals surface area contributed by atoms with E-state index in [0.717, 1.165) is 24.5 Å². The van der Waals surface area contributed by atoms with Gasteiger partial charge in [-0.3, -0.25) is 53.5 Å². The maximum Gasteiger partial charge on any atom is 0.417 e. The molecule has 3 aromatic rings. The van der Waals surface area contributed by atoms with Crippen LogP contribution in [0.4, 0.5) is 13.2 Å². The number of likely N-dealkylation sites (tertiary alicyclic amines) is 2. The van der Waals surface area contributed by atoms with Crippen LogP contribution in [0, 0.1) is 17.2 Å². The van der Waals surface area contributed by atoms with E-state index in [1.807, 2.05) is 122 Å². The van der Waals surface area contributed by atoms with Gasteiger partial charge in [0.05, 0.1) is 49.6 Å². The molecule has 0 bridgehead atoms. The minimum atomic E-state index is -4.80. The Kier molecular flexibility index (Phi) is 24.5. The van der Waals surface area contributed by atoms with Gasteiger partial charge in [0.25, 0.3) is 0 Å². The first-order valence-corrected chi connectivity index (χ1v) is 30.5. The summed E-state index contributed by atoms with van der Waals surface area (Å²) >= 11 is 0. The van der Waals surface area contributed by atoms with Crippen molar-refractivity contribution in [1.29, 1.82) is 5.26 Å². The molecule has 87 heavy (non-hydrogen) atoms. The maximum atomic E-state index is 15.3. The van der Waals surface area contributed by atoms with Crippen LogP contribution >= 0.6 is 0 Å². The molecule has 0 saturated carbocycles. The molecule has 3 fully saturated rings. The normalized spacial score (nSPS) is 18.5. The zero-order chi connectivity index (χ0) is 63.9. The number of carbonyl (C=O) groups excluding carboxylic acids is 5. The number of halogens is 3. The van der Waals surface area contributed by atoms with Crippen LogP contribution in [0.1, 0.15) is 143 Å². The molecule has 3 saturated heterocycles. The predicted molar refractivity (Wildman–Crippen MR) is 327 cm³/mol. The zero-order valence-electron chi connectivity index (χ0n) is 53.4. The molecule has 3 aliphatic rings. The summed E-state index contributed by atoms with van der Waals surface area (Å²) in [7, 11) is 0. The number of aromatic nitrogens is 1. The minimum Gasteiger partial charge on any atom is -0.493 e. The largest absolute Gasteiger partial charge is 0.493 e. The molecule has 21 heteroatoms. The van der Waals surface area contributed by atoms with Gasteiger partial charge in [-0.15, -0.1) is 0 Å². The van der Waals surface area contributed by atoms with Gasteiger partial charge in [0.1, 0.15) is 40.3 Å². The molecular formula is C66H93F3N8O10. The molecule has 1 aromatic heterocycles. The number of piperidine rings is 2. The van der Waals surface area contributed by atoms with Crippen LogP contribution in [0.5, 0.6) is 5.75 Å². The topological polar surface area (TPSA) is 188 Å². The summed E-state index contributed by atoms with van der Waals surface area (Å²) in [5.41, 5.74) is -2.00. The first-order valence-electron chi connectivity index (χ1n) is 30.5. The molecule has 6 rings (SSSR count). The van der Waals surface area contributed by atoms with Crippen molar-refractivity contribution < 1.29 is 60.8 Å². The molecule has 0 spiro atoms. The number of ether oxygens (including phenoxy) is 5. The predicted octanol–water partition coefficient (Wildman–Crippen LogP) is 9.37. The van der Waals surface area contributed by atoms with Crippen molar-refractivity contribution in [2.45, 2.75) is 156 Å². The van der Waals surface area contributed by atoms with Crippen molar-refractivity contribution in [1.82, 2.24) is 34.4 Å². The Morgan fingerprint density at radius 2 is 1.10 bits per heavy atom. The molecule has 1 atom stereocenters. The summed E-state index contributed by atoms with van der Waals surface area (Å²) in [5, 5.41) is 10.3. The number of carbonyl (C=O) groups is 5. The maximum absolute atomic E-state index is 15.3. The standard InChI is InChI=1S/C66H93F3N8O10/c1-62(2,3)84-58(79)43-73-32-30-72(31-33-74(44-59(80)85-63(4,5)6)35-37-75(36-34-73)45-60(81)86-64(7,8)9)42-57(78)76-28-24-47(25-29-76)46-83-56-39-49(21-22-54-52(40-70)51(23-26-71-54)48-18-14-13-15-19-48)53(66(67,68)69)38-50(56)41-77-27-17-16-20-55(77)61(82)87-65(10,11)12/h13-15,18-19,21-23,26,38-39,47,55H,16-17,20,24-25,27-37,41-46H2,1-12H3/b22-21+/t55-/m0/s1. The Bertz CT molecular complexity index is 2830. The van der Waals surface area contributed by atoms with Gasteiger partial charge in [-0.05, 0) is 157 Å². The van der Waals surface area contributed by atoms with Gasteiger partial charge in [-0.2, -0.15) is 18.4 Å². The highest BCUT2D eigenvalue weighted by Gasteiger charge is 2.38. The van der Waals surface area contributed by atoms with E-state index in [-0.39, 0.29) is 79.3 Å². The molecular weight excluding hydrogens is 1120 g/mol. The second-order valence-corrected chi connectivity index (χ2v) is 27.0. The van der Waals surface area contributed by atoms with Crippen molar-refractivity contribution in [2.24, 2.45) is 5.92 Å². The fourth-order valence-corrected chi connectivity index (χ4v) is 10.8. The first-order chi connectivity index (χ1) is 40.7. The molecule has 478 valence electrons. The third-order valence-electron chi connectivity index (χ3n) is 14.9. The summed E-state index contributed by atoms with van der Waals surface area (Å²) in [4.78, 5) is 83.8. The fourth-order valence-electron chi connectivity index (χ4n) is 10.8. The van der Waals surface area contributed by atoms with Crippen molar-refractivity contribution in [3.05, 3.63) is 82.7 Å². The average molecular weight is 1220 g/mol. The van der Waals surface area contributed by atoms with Gasteiger partial charge in [0, 0.05) is 89.3 Å². The highest BCUT2D eigenvalue weighted by Crippen LogP contribution is 2.39. The lowest BCUT2D eigenvalue weighted by molar-refractivity contribution is -0.163. The first kappa shape index (κ1) is 69.7. The van der Waals surface area contributed by atoms with Crippen LogP contribution in [0.3, 0.4) is 0 Å². The molecule has 0 radical (unpaired) electrons. The van der Waals surface area contributed by atoms with E-state index in [1.54, 1.807) is 26.8 Å². The second kappa shape index (κ2) is 30.7. The summed E-state index contributed by atoms with van der Waals surface area (Å²) in [5.74, 6) is -1.60. The van der Waals surface area contributed by atoms with E-state index in [9.17, 15) is 29.2 Å². The Morgan fingerprint density at radius 3 is 1.57 bits per heavy atom. The van der Waals surface area contributed by atoms with E-state index in [1.165, 1.54) is 24.4 Å². The number of hydrogen-bond acceptors (Lipinski definition) is 17. The highest BCUT2D eigenvalue weighted by molar-refractivity contribution is 5.80. The van der Waals surface area contributed by atoms with Gasteiger partial charge in [0.15, 0.2) is 0 Å². The molecule has 18 nitrogen and oxygen atoms in total. The minimum absolute atomic E-state index is 0.00208. The van der Waals surface area contributed by atoms with Crippen LogP contribution in [-0.2, 0) is 55.6 Å². The lowest BCUT2D eigenvalue weighted by atomic mass is 9.96. The Hall–Kier alpha value is -6.44. The number of hydrogen-bond donors (Lipinski definition) is 0. The van der Waals surface area contributed by atoms with E-state index in [0.29, 0.717) is 96.8 Å². The van der Waals surface area contributed by atoms with E-state index in [4.69, 9.17) is 23.7 Å². The molecule has 0 N–H and O–H groups in total. The third-order valence-corrected chi connectivity index (χ3v) is 14.9. The molecule has 0 aliphatic carbocycles. The summed E-state index contributed by atoms with van der Waals surface area (Å²) in [6.45, 7) is 26.2. The van der Waals surface area contributed by atoms with E-state index in [2.05, 4.69) is 11.1 Å². The number of nitrogens with zero attached hydrogens (tertiary/aromatic N) is 8. The van der Waals surface area contributed by atoms with Gasteiger partial charge >= 0.3 is 30.1 Å². The van der Waals surface area contributed by atoms with Crippen LogP contribution in [0.25, 0.3) is 23.3 Å². The molecule has 2 aromatic carbocycles. The average Bonchev–Trinajstić information content (AvgIpc) is 2.35. The monoisotopic (exact) mass is 1210 g/mol. The number of pyridine rings is 1. The number of alkyl halides is 3. The molecule has 1 amide bonds. The SMILES string of the molecule is CC(C)(C)OC(=O)CN1CCN(CC(=O)OC(C)(C)C)CCN(CC(=O)N2CCC(COc3cc(/C=C/c4nccc(-c5ccccc5)c4C#N)c(C(F)(F)F)cc3CN3CCCC[C@H]3C(=O)OC(C)(C)C)CC2)CCN(CC(=O)OC(C)(C)C)CC1. The quantitative estimate of drug-likeness (QED) is 0.0918. The van der Waals surface area contributed by atoms with Crippen molar-refractivity contribution in [3.63, 3.8) is 0 Å². The molecule has 3 aliphatic heterocycles. The lowest BCUT2D eigenvalue weighted by Gasteiger charge is -2.36. The van der Waals surface area contributed by atoms with Crippen molar-refractivity contribution in [2.75, 3.05) is 105 Å². The Labute approximate surface area is 513 Å². The molecule has 0 unspecified atom stereocenters. The van der Waals surface area contributed by atoms with Crippen LogP contribution in [0.2, 0.25) is 0 Å². The number of amides is 1. The van der Waals surface area contributed by atoms with Gasteiger partial charge in [0.2, 0.25) is 5.91 Å². The number of nitriles is 1. The van der Waals surface area contributed by atoms with Gasteiger partial charge < -0.3 is 28.6 Å². The second-order valence-electron chi connectivity index (χ2n) is 27.0.